The highest BCUT2D eigenvalue weighted by molar-refractivity contribution is 5.40. The first kappa shape index (κ1) is 13.7. The lowest BCUT2D eigenvalue weighted by Crippen LogP contribution is -2.11. The van der Waals surface area contributed by atoms with Gasteiger partial charge in [-0.1, -0.05) is 39.0 Å². The van der Waals surface area contributed by atoms with Gasteiger partial charge < -0.3 is 10.7 Å². The summed E-state index contributed by atoms with van der Waals surface area (Å²) < 4.78 is 0. The van der Waals surface area contributed by atoms with Gasteiger partial charge in [0.1, 0.15) is 5.82 Å². The molecule has 0 unspecified atom stereocenters. The number of rotatable bonds is 9. The van der Waals surface area contributed by atoms with Crippen molar-refractivity contribution in [3.05, 3.63) is 12.4 Å². The molecule has 5 heteroatoms. The van der Waals surface area contributed by atoms with E-state index in [2.05, 4.69) is 27.6 Å². The van der Waals surface area contributed by atoms with Crippen LogP contribution >= 0.6 is 0 Å². The summed E-state index contributed by atoms with van der Waals surface area (Å²) in [6.07, 6.45) is 11.1. The Morgan fingerprint density at radius 3 is 2.53 bits per heavy atom. The molecule has 1 aromatic rings. The second-order valence-corrected chi connectivity index (χ2v) is 4.13. The molecule has 0 saturated carbocycles. The fraction of sp³-hybridized carbons (Fsp3) is 0.667. The Kier molecular flexibility index (Phi) is 7.06. The highest BCUT2D eigenvalue weighted by Gasteiger charge is 1.96. The van der Waals surface area contributed by atoms with Gasteiger partial charge >= 0.3 is 0 Å². The zero-order valence-electron chi connectivity index (χ0n) is 10.6. The molecule has 5 nitrogen and oxygen atoms in total. The van der Waals surface area contributed by atoms with Gasteiger partial charge in [-0.25, -0.2) is 10.8 Å². The number of nitrogens with one attached hydrogen (secondary N) is 2. The fourth-order valence-corrected chi connectivity index (χ4v) is 1.64. The number of nitrogens with zero attached hydrogens (tertiary/aromatic N) is 2. The zero-order valence-corrected chi connectivity index (χ0v) is 10.6. The van der Waals surface area contributed by atoms with Gasteiger partial charge in [-0.05, 0) is 6.42 Å². The zero-order chi connectivity index (χ0) is 12.3. The Balaban J connectivity index is 2.09. The van der Waals surface area contributed by atoms with Gasteiger partial charge in [-0.15, -0.1) is 0 Å². The Morgan fingerprint density at radius 1 is 1.06 bits per heavy atom. The average molecular weight is 237 g/mol. The van der Waals surface area contributed by atoms with Crippen LogP contribution in [0.25, 0.3) is 0 Å². The van der Waals surface area contributed by atoms with Crippen LogP contribution in [-0.2, 0) is 0 Å². The number of aromatic nitrogens is 2. The molecule has 0 aliphatic carbocycles. The number of hydrogen-bond acceptors (Lipinski definition) is 5. The van der Waals surface area contributed by atoms with E-state index in [1.54, 1.807) is 12.4 Å². The van der Waals surface area contributed by atoms with Gasteiger partial charge in [-0.3, -0.25) is 4.98 Å². The average Bonchev–Trinajstić information content (AvgIpc) is 2.38. The van der Waals surface area contributed by atoms with E-state index in [0.717, 1.165) is 12.4 Å². The SMILES string of the molecule is CCCCCCCCNc1cncc(NN)n1. The topological polar surface area (TPSA) is 75.9 Å². The Bertz CT molecular complexity index is 303. The number of nitrogens with two attached hydrogens (primary N) is 1. The van der Waals surface area contributed by atoms with Crippen LogP contribution in [-0.4, -0.2) is 16.5 Å². The monoisotopic (exact) mass is 237 g/mol. The minimum Gasteiger partial charge on any atom is -0.369 e. The molecule has 1 aromatic heterocycles. The fourth-order valence-electron chi connectivity index (χ4n) is 1.64. The van der Waals surface area contributed by atoms with Crippen LogP contribution in [0, 0.1) is 0 Å². The van der Waals surface area contributed by atoms with Crippen LogP contribution < -0.4 is 16.6 Å². The van der Waals surface area contributed by atoms with Gasteiger partial charge in [0.05, 0.1) is 12.4 Å². The second kappa shape index (κ2) is 8.75. The number of hydrazine groups is 1. The van der Waals surface area contributed by atoms with Crippen molar-refractivity contribution in [3.63, 3.8) is 0 Å². The molecule has 1 rings (SSSR count). The normalized spacial score (nSPS) is 10.2. The van der Waals surface area contributed by atoms with Crippen molar-refractivity contribution < 1.29 is 0 Å². The number of anilines is 2. The highest BCUT2D eigenvalue weighted by Crippen LogP contribution is 2.07. The largest absolute Gasteiger partial charge is 0.369 e. The smallest absolute Gasteiger partial charge is 0.160 e. The number of nitrogen functional groups attached to an aromatic ring is 1. The summed E-state index contributed by atoms with van der Waals surface area (Å²) in [6, 6.07) is 0. The molecule has 0 aromatic carbocycles. The minimum atomic E-state index is 0.581. The first-order valence-electron chi connectivity index (χ1n) is 6.39. The van der Waals surface area contributed by atoms with Gasteiger partial charge in [0.15, 0.2) is 5.82 Å². The maximum atomic E-state index is 5.26. The Morgan fingerprint density at radius 2 is 1.76 bits per heavy atom. The van der Waals surface area contributed by atoms with E-state index in [9.17, 15) is 0 Å². The van der Waals surface area contributed by atoms with Crippen LogP contribution in [0.15, 0.2) is 12.4 Å². The molecule has 0 bridgehead atoms. The summed E-state index contributed by atoms with van der Waals surface area (Å²) in [5.74, 6) is 6.61. The van der Waals surface area contributed by atoms with E-state index in [4.69, 9.17) is 5.84 Å². The maximum Gasteiger partial charge on any atom is 0.160 e. The summed E-state index contributed by atoms with van der Waals surface area (Å²) in [4.78, 5) is 8.26. The standard InChI is InChI=1S/C12H23N5/c1-2-3-4-5-6-7-8-15-11-9-14-10-12(16-11)17-13/h9-10H,2-8,13H2,1H3,(H2,15,16,17). The Hall–Kier alpha value is -1.36. The first-order valence-corrected chi connectivity index (χ1v) is 6.39. The predicted octanol–water partition coefficient (Wildman–Crippen LogP) is 2.53. The van der Waals surface area contributed by atoms with E-state index in [-0.39, 0.29) is 0 Å². The van der Waals surface area contributed by atoms with Gasteiger partial charge in [0.2, 0.25) is 0 Å². The van der Waals surface area contributed by atoms with Crippen LogP contribution in [0.2, 0.25) is 0 Å². The number of unbranched alkanes of at least 4 members (excludes halogenated alkanes) is 5. The lowest BCUT2D eigenvalue weighted by atomic mass is 10.1. The third-order valence-electron chi connectivity index (χ3n) is 2.62. The summed E-state index contributed by atoms with van der Waals surface area (Å²) in [7, 11) is 0. The Labute approximate surface area is 103 Å². The first-order chi connectivity index (χ1) is 8.36. The van der Waals surface area contributed by atoms with Crippen LogP contribution in [0.4, 0.5) is 11.6 Å². The molecule has 0 atom stereocenters. The molecule has 4 N–H and O–H groups in total. The van der Waals surface area contributed by atoms with Crippen molar-refractivity contribution in [2.75, 3.05) is 17.3 Å². The summed E-state index contributed by atoms with van der Waals surface area (Å²) in [5.41, 5.74) is 2.48. The molecule has 0 amide bonds. The number of hydrogen-bond donors (Lipinski definition) is 3. The molecule has 0 radical (unpaired) electrons. The lowest BCUT2D eigenvalue weighted by Gasteiger charge is -2.06. The van der Waals surface area contributed by atoms with E-state index in [0.29, 0.717) is 5.82 Å². The van der Waals surface area contributed by atoms with E-state index >= 15 is 0 Å². The highest BCUT2D eigenvalue weighted by atomic mass is 15.3. The molecule has 0 spiro atoms. The second-order valence-electron chi connectivity index (χ2n) is 4.13. The molecule has 0 aliphatic rings. The van der Waals surface area contributed by atoms with Crippen LogP contribution in [0.3, 0.4) is 0 Å². The molecule has 0 saturated heterocycles. The van der Waals surface area contributed by atoms with Crippen molar-refractivity contribution in [2.45, 2.75) is 45.4 Å². The quantitative estimate of drug-likeness (QED) is 0.349. The van der Waals surface area contributed by atoms with Crippen molar-refractivity contribution >= 4 is 11.6 Å². The molecular weight excluding hydrogens is 214 g/mol. The lowest BCUT2D eigenvalue weighted by molar-refractivity contribution is 0.617. The van der Waals surface area contributed by atoms with Gasteiger partial charge in [-0.2, -0.15) is 0 Å². The molecule has 0 fully saturated rings. The summed E-state index contributed by atoms with van der Waals surface area (Å²) in [6.45, 7) is 3.17. The van der Waals surface area contributed by atoms with E-state index in [1.165, 1.54) is 38.5 Å². The third kappa shape index (κ3) is 6.06. The third-order valence-corrected chi connectivity index (χ3v) is 2.62. The molecule has 17 heavy (non-hydrogen) atoms. The maximum absolute atomic E-state index is 5.26. The van der Waals surface area contributed by atoms with Crippen LogP contribution in [0.1, 0.15) is 45.4 Å². The van der Waals surface area contributed by atoms with E-state index < -0.39 is 0 Å². The van der Waals surface area contributed by atoms with Crippen molar-refractivity contribution in [1.29, 1.82) is 0 Å². The molecule has 0 aliphatic heterocycles. The van der Waals surface area contributed by atoms with Crippen molar-refractivity contribution in [2.24, 2.45) is 5.84 Å². The van der Waals surface area contributed by atoms with Crippen LogP contribution in [0.5, 0.6) is 0 Å². The van der Waals surface area contributed by atoms with Gasteiger partial charge in [0, 0.05) is 6.54 Å². The molecular formula is C12H23N5. The van der Waals surface area contributed by atoms with Crippen molar-refractivity contribution in [3.8, 4) is 0 Å². The predicted molar refractivity (Wildman–Crippen MR) is 71.7 cm³/mol. The van der Waals surface area contributed by atoms with Crippen molar-refractivity contribution in [1.82, 2.24) is 9.97 Å². The molecule has 96 valence electrons. The molecule has 1 heterocycles. The summed E-state index contributed by atoms with van der Waals surface area (Å²) in [5, 5.41) is 3.24. The minimum absolute atomic E-state index is 0.581. The van der Waals surface area contributed by atoms with Gasteiger partial charge in [0.25, 0.3) is 0 Å². The summed E-state index contributed by atoms with van der Waals surface area (Å²) >= 11 is 0. The van der Waals surface area contributed by atoms with E-state index in [1.807, 2.05) is 0 Å².